The van der Waals surface area contributed by atoms with Gasteiger partial charge in [-0.3, -0.25) is 4.79 Å². The molecule has 1 saturated heterocycles. The zero-order valence-corrected chi connectivity index (χ0v) is 8.54. The fraction of sp³-hybridized carbons (Fsp3) is 0.889. The molecule has 0 radical (unpaired) electrons. The van der Waals surface area contributed by atoms with Crippen molar-refractivity contribution in [1.82, 2.24) is 10.6 Å². The van der Waals surface area contributed by atoms with Crippen molar-refractivity contribution in [3.8, 4) is 0 Å². The Morgan fingerprint density at radius 3 is 3.36 bits per heavy atom. The van der Waals surface area contributed by atoms with Gasteiger partial charge in [0.05, 0.1) is 25.7 Å². The number of amides is 1. The molecule has 1 heterocycles. The summed E-state index contributed by atoms with van der Waals surface area (Å²) < 4.78 is 10.1. The molecule has 1 aliphatic rings. The molecule has 0 saturated carbocycles. The fourth-order valence-corrected chi connectivity index (χ4v) is 1.29. The summed E-state index contributed by atoms with van der Waals surface area (Å²) in [6.07, 6.45) is 0. The van der Waals surface area contributed by atoms with E-state index in [1.165, 1.54) is 0 Å². The van der Waals surface area contributed by atoms with E-state index in [4.69, 9.17) is 9.47 Å². The molecule has 14 heavy (non-hydrogen) atoms. The van der Waals surface area contributed by atoms with Gasteiger partial charge in [0.1, 0.15) is 0 Å². The van der Waals surface area contributed by atoms with E-state index in [0.717, 1.165) is 6.54 Å². The number of ether oxygens (including phenoxy) is 2. The SMILES string of the molecule is COCCNC(=O)C1CNCCOC1. The maximum atomic E-state index is 11.5. The second-order valence-electron chi connectivity index (χ2n) is 3.26. The number of rotatable bonds is 4. The third-order valence-corrected chi connectivity index (χ3v) is 2.11. The average Bonchev–Trinajstić information content (AvgIpc) is 2.46. The fourth-order valence-electron chi connectivity index (χ4n) is 1.29. The molecule has 0 aromatic carbocycles. The van der Waals surface area contributed by atoms with Gasteiger partial charge in [-0.15, -0.1) is 0 Å². The number of methoxy groups -OCH3 is 1. The first-order valence-corrected chi connectivity index (χ1v) is 4.89. The predicted molar refractivity (Wildman–Crippen MR) is 52.1 cm³/mol. The molecule has 0 aromatic rings. The summed E-state index contributed by atoms with van der Waals surface area (Å²) in [6.45, 7) is 3.81. The summed E-state index contributed by atoms with van der Waals surface area (Å²) in [5, 5.41) is 5.95. The van der Waals surface area contributed by atoms with Crippen LogP contribution in [0.5, 0.6) is 0 Å². The van der Waals surface area contributed by atoms with Crippen molar-refractivity contribution in [2.45, 2.75) is 0 Å². The van der Waals surface area contributed by atoms with Gasteiger partial charge in [-0.2, -0.15) is 0 Å². The number of carbonyl (C=O) groups excluding carboxylic acids is 1. The highest BCUT2D eigenvalue weighted by Gasteiger charge is 2.19. The first-order chi connectivity index (χ1) is 6.84. The minimum Gasteiger partial charge on any atom is -0.383 e. The zero-order chi connectivity index (χ0) is 10.2. The van der Waals surface area contributed by atoms with Crippen LogP contribution in [0.2, 0.25) is 0 Å². The van der Waals surface area contributed by atoms with E-state index in [2.05, 4.69) is 10.6 Å². The molecule has 2 N–H and O–H groups in total. The highest BCUT2D eigenvalue weighted by Crippen LogP contribution is 1.99. The van der Waals surface area contributed by atoms with Crippen molar-refractivity contribution >= 4 is 5.91 Å². The van der Waals surface area contributed by atoms with Gasteiger partial charge in [0.2, 0.25) is 5.91 Å². The first-order valence-electron chi connectivity index (χ1n) is 4.89. The molecule has 1 aliphatic heterocycles. The number of hydrogen-bond donors (Lipinski definition) is 2. The van der Waals surface area contributed by atoms with Crippen molar-refractivity contribution in [3.05, 3.63) is 0 Å². The third-order valence-electron chi connectivity index (χ3n) is 2.11. The molecule has 5 nitrogen and oxygen atoms in total. The number of nitrogens with one attached hydrogen (secondary N) is 2. The lowest BCUT2D eigenvalue weighted by atomic mass is 10.1. The van der Waals surface area contributed by atoms with E-state index in [-0.39, 0.29) is 11.8 Å². The lowest BCUT2D eigenvalue weighted by molar-refractivity contribution is -0.126. The van der Waals surface area contributed by atoms with E-state index in [9.17, 15) is 4.79 Å². The lowest BCUT2D eigenvalue weighted by Gasteiger charge is -2.13. The predicted octanol–water partition coefficient (Wildman–Crippen LogP) is -1.01. The zero-order valence-electron chi connectivity index (χ0n) is 8.54. The molecule has 1 rings (SSSR count). The van der Waals surface area contributed by atoms with E-state index in [1.54, 1.807) is 7.11 Å². The van der Waals surface area contributed by atoms with Crippen LogP contribution in [0.15, 0.2) is 0 Å². The van der Waals surface area contributed by atoms with E-state index < -0.39 is 0 Å². The molecule has 1 fully saturated rings. The van der Waals surface area contributed by atoms with Gasteiger partial charge < -0.3 is 20.1 Å². The Bertz CT molecular complexity index is 167. The summed E-state index contributed by atoms with van der Waals surface area (Å²) in [4.78, 5) is 11.5. The maximum Gasteiger partial charge on any atom is 0.226 e. The smallest absolute Gasteiger partial charge is 0.226 e. The Morgan fingerprint density at radius 2 is 2.57 bits per heavy atom. The van der Waals surface area contributed by atoms with Crippen molar-refractivity contribution in [1.29, 1.82) is 0 Å². The van der Waals surface area contributed by atoms with Crippen molar-refractivity contribution < 1.29 is 14.3 Å². The first kappa shape index (κ1) is 11.4. The Balaban J connectivity index is 2.20. The normalized spacial score (nSPS) is 22.8. The summed E-state index contributed by atoms with van der Waals surface area (Å²) in [7, 11) is 1.61. The van der Waals surface area contributed by atoms with Crippen molar-refractivity contribution in [2.75, 3.05) is 46.6 Å². The highest BCUT2D eigenvalue weighted by atomic mass is 16.5. The maximum absolute atomic E-state index is 11.5. The van der Waals surface area contributed by atoms with Crippen LogP contribution >= 0.6 is 0 Å². The quantitative estimate of drug-likeness (QED) is 0.573. The van der Waals surface area contributed by atoms with E-state index >= 15 is 0 Å². The summed E-state index contributed by atoms with van der Waals surface area (Å²) in [6, 6.07) is 0. The lowest BCUT2D eigenvalue weighted by Crippen LogP contribution is -2.39. The van der Waals surface area contributed by atoms with Crippen LogP contribution in [-0.4, -0.2) is 52.5 Å². The molecule has 0 aliphatic carbocycles. The van der Waals surface area contributed by atoms with Crippen LogP contribution in [0.1, 0.15) is 0 Å². The average molecular weight is 202 g/mol. The van der Waals surface area contributed by atoms with Crippen molar-refractivity contribution in [2.24, 2.45) is 5.92 Å². The van der Waals surface area contributed by atoms with Crippen molar-refractivity contribution in [3.63, 3.8) is 0 Å². The molecule has 0 aromatic heterocycles. The topological polar surface area (TPSA) is 59.6 Å². The van der Waals surface area contributed by atoms with Gasteiger partial charge in [-0.1, -0.05) is 0 Å². The summed E-state index contributed by atoms with van der Waals surface area (Å²) in [5.74, 6) is -0.0363. The summed E-state index contributed by atoms with van der Waals surface area (Å²) in [5.41, 5.74) is 0. The van der Waals surface area contributed by atoms with Gasteiger partial charge in [0.15, 0.2) is 0 Å². The molecule has 1 unspecified atom stereocenters. The minimum absolute atomic E-state index is 0.0384. The monoisotopic (exact) mass is 202 g/mol. The second kappa shape index (κ2) is 6.75. The van der Waals surface area contributed by atoms with Gasteiger partial charge in [0.25, 0.3) is 0 Å². The third kappa shape index (κ3) is 4.04. The van der Waals surface area contributed by atoms with Crippen LogP contribution in [0.25, 0.3) is 0 Å². The Morgan fingerprint density at radius 1 is 1.71 bits per heavy atom. The van der Waals surface area contributed by atoms with Crippen LogP contribution in [0, 0.1) is 5.92 Å². The van der Waals surface area contributed by atoms with Gasteiger partial charge in [-0.25, -0.2) is 0 Å². The van der Waals surface area contributed by atoms with Gasteiger partial charge in [-0.05, 0) is 0 Å². The molecule has 5 heteroatoms. The molecular weight excluding hydrogens is 184 g/mol. The molecule has 82 valence electrons. The van der Waals surface area contributed by atoms with Crippen LogP contribution in [-0.2, 0) is 14.3 Å². The summed E-state index contributed by atoms with van der Waals surface area (Å²) >= 11 is 0. The Hall–Kier alpha value is -0.650. The van der Waals surface area contributed by atoms with Crippen LogP contribution < -0.4 is 10.6 Å². The highest BCUT2D eigenvalue weighted by molar-refractivity contribution is 5.79. The standard InChI is InChI=1S/C9H18N2O3/c1-13-4-3-11-9(12)8-6-10-2-5-14-7-8/h8,10H,2-7H2,1H3,(H,11,12). The Kier molecular flexibility index (Phi) is 5.51. The van der Waals surface area contributed by atoms with E-state index in [1.807, 2.05) is 0 Å². The Labute approximate surface area is 84.1 Å². The largest absolute Gasteiger partial charge is 0.383 e. The van der Waals surface area contributed by atoms with Gasteiger partial charge in [0, 0.05) is 26.7 Å². The van der Waals surface area contributed by atoms with Crippen LogP contribution in [0.4, 0.5) is 0 Å². The van der Waals surface area contributed by atoms with E-state index in [0.29, 0.717) is 32.9 Å². The number of hydrogen-bond acceptors (Lipinski definition) is 4. The molecule has 1 amide bonds. The number of carbonyl (C=O) groups is 1. The molecule has 1 atom stereocenters. The molecule has 0 bridgehead atoms. The van der Waals surface area contributed by atoms with Gasteiger partial charge >= 0.3 is 0 Å². The molecular formula is C9H18N2O3. The van der Waals surface area contributed by atoms with Crippen LogP contribution in [0.3, 0.4) is 0 Å². The molecule has 0 spiro atoms. The second-order valence-corrected chi connectivity index (χ2v) is 3.26. The minimum atomic E-state index is -0.0747.